The van der Waals surface area contributed by atoms with Crippen molar-refractivity contribution in [2.45, 2.75) is 39.0 Å². The lowest BCUT2D eigenvalue weighted by Gasteiger charge is -2.16. The lowest BCUT2D eigenvalue weighted by molar-refractivity contribution is -0.136. The number of rotatable bonds is 3. The molecule has 0 atom stereocenters. The molecule has 0 unspecified atom stereocenters. The van der Waals surface area contributed by atoms with Crippen LogP contribution in [0.3, 0.4) is 0 Å². The van der Waals surface area contributed by atoms with Crippen molar-refractivity contribution in [3.05, 3.63) is 29.7 Å². The molecular formula is C13H17N3O2. The number of carboxylic acids is 1. The lowest BCUT2D eigenvalue weighted by atomic mass is 9.92. The number of carbonyl (C=O) groups is 1. The normalized spacial score (nSPS) is 11.9. The van der Waals surface area contributed by atoms with E-state index in [1.165, 1.54) is 0 Å². The maximum Gasteiger partial charge on any atom is 0.303 e. The molecule has 0 aliphatic heterocycles. The summed E-state index contributed by atoms with van der Waals surface area (Å²) in [6, 6.07) is 3.88. The Bertz CT molecular complexity index is 581. The molecule has 0 fully saturated rings. The SMILES string of the molecule is CC(C)(C)c1ccc2nc(CCC(=O)O)cn2n1. The molecule has 5 nitrogen and oxygen atoms in total. The fourth-order valence-corrected chi connectivity index (χ4v) is 1.69. The van der Waals surface area contributed by atoms with Gasteiger partial charge in [-0.15, -0.1) is 0 Å². The van der Waals surface area contributed by atoms with Gasteiger partial charge in [0.05, 0.1) is 24.0 Å². The highest BCUT2D eigenvalue weighted by atomic mass is 16.4. The number of fused-ring (bicyclic) bond motifs is 1. The maximum atomic E-state index is 10.5. The Balaban J connectivity index is 2.31. The zero-order valence-electron chi connectivity index (χ0n) is 10.8. The molecule has 18 heavy (non-hydrogen) atoms. The standard InChI is InChI=1S/C13H17N3O2/c1-13(2,3)10-5-6-11-14-9(4-7-12(17)18)8-16(11)15-10/h5-6,8H,4,7H2,1-3H3,(H,17,18). The Morgan fingerprint density at radius 3 is 2.72 bits per heavy atom. The van der Waals surface area contributed by atoms with Gasteiger partial charge in [0, 0.05) is 11.8 Å². The molecule has 0 aliphatic rings. The highest BCUT2D eigenvalue weighted by Gasteiger charge is 2.16. The van der Waals surface area contributed by atoms with Crippen molar-refractivity contribution in [2.75, 3.05) is 0 Å². The molecular weight excluding hydrogens is 230 g/mol. The van der Waals surface area contributed by atoms with Crippen LogP contribution in [0.25, 0.3) is 5.65 Å². The van der Waals surface area contributed by atoms with Crippen molar-refractivity contribution < 1.29 is 9.90 Å². The second kappa shape index (κ2) is 4.40. The third kappa shape index (κ3) is 2.67. The number of aliphatic carboxylic acids is 1. The van der Waals surface area contributed by atoms with Crippen LogP contribution >= 0.6 is 0 Å². The third-order valence-electron chi connectivity index (χ3n) is 2.73. The summed E-state index contributed by atoms with van der Waals surface area (Å²) in [4.78, 5) is 14.9. The molecule has 96 valence electrons. The molecule has 0 bridgehead atoms. The molecule has 0 saturated heterocycles. The summed E-state index contributed by atoms with van der Waals surface area (Å²) in [7, 11) is 0. The van der Waals surface area contributed by atoms with Crippen molar-refractivity contribution >= 4 is 11.6 Å². The van der Waals surface area contributed by atoms with Crippen LogP contribution in [0.15, 0.2) is 18.3 Å². The Kier molecular flexibility index (Phi) is 3.07. The highest BCUT2D eigenvalue weighted by molar-refractivity contribution is 5.67. The predicted molar refractivity (Wildman–Crippen MR) is 67.6 cm³/mol. The molecule has 2 heterocycles. The highest BCUT2D eigenvalue weighted by Crippen LogP contribution is 2.20. The van der Waals surface area contributed by atoms with E-state index in [4.69, 9.17) is 5.11 Å². The van der Waals surface area contributed by atoms with Crippen molar-refractivity contribution in [2.24, 2.45) is 0 Å². The number of aromatic nitrogens is 3. The number of hydrogen-bond acceptors (Lipinski definition) is 3. The minimum absolute atomic E-state index is 0.0142. The molecule has 2 rings (SSSR count). The number of aryl methyl sites for hydroxylation is 1. The first kappa shape index (κ1) is 12.5. The Hall–Kier alpha value is -1.91. The molecule has 2 aromatic heterocycles. The second-order valence-corrected chi connectivity index (χ2v) is 5.40. The Morgan fingerprint density at radius 1 is 1.39 bits per heavy atom. The van der Waals surface area contributed by atoms with Gasteiger partial charge in [0.25, 0.3) is 0 Å². The van der Waals surface area contributed by atoms with Crippen LogP contribution in [0.2, 0.25) is 0 Å². The molecule has 5 heteroatoms. The van der Waals surface area contributed by atoms with Crippen molar-refractivity contribution in [3.8, 4) is 0 Å². The molecule has 0 aromatic carbocycles. The Morgan fingerprint density at radius 2 is 2.11 bits per heavy atom. The molecule has 2 aromatic rings. The monoisotopic (exact) mass is 247 g/mol. The van der Waals surface area contributed by atoms with E-state index in [-0.39, 0.29) is 11.8 Å². The maximum absolute atomic E-state index is 10.5. The summed E-state index contributed by atoms with van der Waals surface area (Å²) < 4.78 is 1.72. The summed E-state index contributed by atoms with van der Waals surface area (Å²) in [6.07, 6.45) is 2.33. The first-order valence-corrected chi connectivity index (χ1v) is 5.94. The molecule has 0 saturated carbocycles. The smallest absolute Gasteiger partial charge is 0.303 e. The van der Waals surface area contributed by atoms with Crippen LogP contribution in [0.4, 0.5) is 0 Å². The van der Waals surface area contributed by atoms with Crippen molar-refractivity contribution in [1.82, 2.24) is 14.6 Å². The van der Waals surface area contributed by atoms with Gasteiger partial charge in [-0.05, 0) is 12.1 Å². The largest absolute Gasteiger partial charge is 0.481 e. The molecule has 0 spiro atoms. The van der Waals surface area contributed by atoms with Crippen LogP contribution in [-0.2, 0) is 16.6 Å². The first-order valence-electron chi connectivity index (χ1n) is 5.94. The van der Waals surface area contributed by atoms with Crippen LogP contribution in [0.1, 0.15) is 38.6 Å². The summed E-state index contributed by atoms with van der Waals surface area (Å²) in [6.45, 7) is 6.30. The minimum Gasteiger partial charge on any atom is -0.481 e. The van der Waals surface area contributed by atoms with Gasteiger partial charge in [-0.3, -0.25) is 4.79 Å². The van der Waals surface area contributed by atoms with E-state index >= 15 is 0 Å². The van der Waals surface area contributed by atoms with E-state index in [0.29, 0.717) is 6.42 Å². The van der Waals surface area contributed by atoms with Gasteiger partial charge in [0.1, 0.15) is 0 Å². The zero-order valence-corrected chi connectivity index (χ0v) is 10.8. The van der Waals surface area contributed by atoms with E-state index in [1.54, 1.807) is 10.7 Å². The van der Waals surface area contributed by atoms with Gasteiger partial charge >= 0.3 is 5.97 Å². The summed E-state index contributed by atoms with van der Waals surface area (Å²) in [5.74, 6) is -0.810. The van der Waals surface area contributed by atoms with Gasteiger partial charge in [0.2, 0.25) is 0 Å². The molecule has 1 N–H and O–H groups in total. The number of imidazole rings is 1. The van der Waals surface area contributed by atoms with Crippen LogP contribution in [-0.4, -0.2) is 25.7 Å². The van der Waals surface area contributed by atoms with Crippen molar-refractivity contribution in [1.29, 1.82) is 0 Å². The number of nitrogens with zero attached hydrogens (tertiary/aromatic N) is 3. The van der Waals surface area contributed by atoms with E-state index in [9.17, 15) is 4.79 Å². The average molecular weight is 247 g/mol. The summed E-state index contributed by atoms with van der Waals surface area (Å²) in [5.41, 5.74) is 2.48. The van der Waals surface area contributed by atoms with E-state index in [0.717, 1.165) is 17.0 Å². The molecule has 0 aliphatic carbocycles. The molecule has 0 amide bonds. The lowest BCUT2D eigenvalue weighted by Crippen LogP contribution is -2.15. The quantitative estimate of drug-likeness (QED) is 0.901. The first-order chi connectivity index (χ1) is 8.36. The second-order valence-electron chi connectivity index (χ2n) is 5.40. The van der Waals surface area contributed by atoms with Gasteiger partial charge < -0.3 is 5.11 Å². The van der Waals surface area contributed by atoms with Gasteiger partial charge in [-0.2, -0.15) is 5.10 Å². The fourth-order valence-electron chi connectivity index (χ4n) is 1.69. The third-order valence-corrected chi connectivity index (χ3v) is 2.73. The van der Waals surface area contributed by atoms with Crippen LogP contribution in [0, 0.1) is 0 Å². The van der Waals surface area contributed by atoms with Gasteiger partial charge in [-0.1, -0.05) is 20.8 Å². The number of hydrogen-bond donors (Lipinski definition) is 1. The molecule has 0 radical (unpaired) electrons. The van der Waals surface area contributed by atoms with Crippen molar-refractivity contribution in [3.63, 3.8) is 0 Å². The van der Waals surface area contributed by atoms with Crippen LogP contribution < -0.4 is 0 Å². The van der Waals surface area contributed by atoms with E-state index in [2.05, 4.69) is 30.9 Å². The summed E-state index contributed by atoms with van der Waals surface area (Å²) in [5, 5.41) is 13.2. The minimum atomic E-state index is -0.810. The van der Waals surface area contributed by atoms with E-state index < -0.39 is 5.97 Å². The summed E-state index contributed by atoms with van der Waals surface area (Å²) >= 11 is 0. The average Bonchev–Trinajstić information content (AvgIpc) is 2.66. The predicted octanol–water partition coefficient (Wildman–Crippen LogP) is 2.04. The van der Waals surface area contributed by atoms with Crippen LogP contribution in [0.5, 0.6) is 0 Å². The Labute approximate surface area is 105 Å². The number of carboxylic acid groups (broad SMARTS) is 1. The van der Waals surface area contributed by atoms with E-state index in [1.807, 2.05) is 12.1 Å². The fraction of sp³-hybridized carbons (Fsp3) is 0.462. The van der Waals surface area contributed by atoms with Gasteiger partial charge in [-0.25, -0.2) is 9.50 Å². The van der Waals surface area contributed by atoms with Gasteiger partial charge in [0.15, 0.2) is 5.65 Å². The topological polar surface area (TPSA) is 67.5 Å². The zero-order chi connectivity index (χ0) is 13.3.